The van der Waals surface area contributed by atoms with Gasteiger partial charge in [-0.15, -0.1) is 0 Å². The molecule has 0 aliphatic carbocycles. The maximum atomic E-state index is 13.2. The van der Waals surface area contributed by atoms with E-state index in [0.29, 0.717) is 0 Å². The third-order valence-electron chi connectivity index (χ3n) is 2.44. The highest BCUT2D eigenvalue weighted by Crippen LogP contribution is 2.47. The highest BCUT2D eigenvalue weighted by molar-refractivity contribution is 5.22. The molecule has 0 heterocycles. The largest absolute Gasteiger partial charge is 0.453 e. The van der Waals surface area contributed by atoms with Crippen molar-refractivity contribution in [1.29, 1.82) is 0 Å². The molecule has 0 spiro atoms. The van der Waals surface area contributed by atoms with E-state index in [4.69, 9.17) is 5.11 Å². The minimum atomic E-state index is -5.62. The van der Waals surface area contributed by atoms with Crippen molar-refractivity contribution in [1.82, 2.24) is 0 Å². The lowest BCUT2D eigenvalue weighted by Gasteiger charge is -2.28. The van der Waals surface area contributed by atoms with Crippen LogP contribution in [0, 0.1) is 0 Å². The zero-order valence-electron chi connectivity index (χ0n) is 8.72. The number of hydrogen-bond donors (Lipinski definition) is 1. The van der Waals surface area contributed by atoms with Crippen molar-refractivity contribution in [3.8, 4) is 0 Å². The molecule has 1 aromatic carbocycles. The SMILES string of the molecule is OCCC(c1ccccc1)C(F)(F)C(F)(F)F. The van der Waals surface area contributed by atoms with Crippen LogP contribution in [0.5, 0.6) is 0 Å². The summed E-state index contributed by atoms with van der Waals surface area (Å²) in [4.78, 5) is 0. The third-order valence-corrected chi connectivity index (χ3v) is 2.44. The summed E-state index contributed by atoms with van der Waals surface area (Å²) in [5.41, 5.74) is -0.135. The summed E-state index contributed by atoms with van der Waals surface area (Å²) in [6.07, 6.45) is -6.26. The number of halogens is 5. The van der Waals surface area contributed by atoms with E-state index >= 15 is 0 Å². The molecule has 1 rings (SSSR count). The van der Waals surface area contributed by atoms with Crippen molar-refractivity contribution >= 4 is 0 Å². The summed E-state index contributed by atoms with van der Waals surface area (Å²) < 4.78 is 63.2. The molecule has 1 aromatic rings. The van der Waals surface area contributed by atoms with Gasteiger partial charge in [-0.2, -0.15) is 22.0 Å². The Bertz CT molecular complexity index is 347. The maximum absolute atomic E-state index is 13.2. The molecule has 17 heavy (non-hydrogen) atoms. The van der Waals surface area contributed by atoms with E-state index in [2.05, 4.69) is 0 Å². The fourth-order valence-corrected chi connectivity index (χ4v) is 1.57. The fourth-order valence-electron chi connectivity index (χ4n) is 1.57. The molecule has 96 valence electrons. The van der Waals surface area contributed by atoms with Crippen LogP contribution in [0.25, 0.3) is 0 Å². The first-order chi connectivity index (χ1) is 7.80. The van der Waals surface area contributed by atoms with E-state index < -0.39 is 31.0 Å². The first-order valence-electron chi connectivity index (χ1n) is 4.91. The second kappa shape index (κ2) is 5.00. The molecule has 1 nitrogen and oxygen atoms in total. The van der Waals surface area contributed by atoms with Crippen molar-refractivity contribution in [2.75, 3.05) is 6.61 Å². The molecule has 0 bridgehead atoms. The van der Waals surface area contributed by atoms with Crippen LogP contribution < -0.4 is 0 Å². The molecule has 1 unspecified atom stereocenters. The van der Waals surface area contributed by atoms with Crippen LogP contribution in [0.4, 0.5) is 22.0 Å². The van der Waals surface area contributed by atoms with Gasteiger partial charge in [0, 0.05) is 6.61 Å². The number of aliphatic hydroxyl groups is 1. The minimum absolute atomic E-state index is 0.135. The van der Waals surface area contributed by atoms with E-state index in [1.54, 1.807) is 0 Å². The van der Waals surface area contributed by atoms with Gasteiger partial charge in [0.1, 0.15) is 0 Å². The van der Waals surface area contributed by atoms with Crippen LogP contribution in [-0.4, -0.2) is 23.8 Å². The lowest BCUT2D eigenvalue weighted by atomic mass is 9.89. The summed E-state index contributed by atoms with van der Waals surface area (Å²) >= 11 is 0. The van der Waals surface area contributed by atoms with Crippen LogP contribution >= 0.6 is 0 Å². The highest BCUT2D eigenvalue weighted by Gasteiger charge is 2.62. The van der Waals surface area contributed by atoms with Gasteiger partial charge in [-0.25, -0.2) is 0 Å². The fraction of sp³-hybridized carbons (Fsp3) is 0.455. The van der Waals surface area contributed by atoms with E-state index in [9.17, 15) is 22.0 Å². The lowest BCUT2D eigenvalue weighted by Crippen LogP contribution is -2.42. The van der Waals surface area contributed by atoms with Crippen molar-refractivity contribution in [2.24, 2.45) is 0 Å². The Hall–Kier alpha value is -1.17. The molecule has 1 N–H and O–H groups in total. The molecule has 0 aliphatic heterocycles. The molecular weight excluding hydrogens is 243 g/mol. The summed E-state index contributed by atoms with van der Waals surface area (Å²) in [7, 11) is 0. The zero-order chi connectivity index (χ0) is 13.1. The Morgan fingerprint density at radius 2 is 1.53 bits per heavy atom. The predicted molar refractivity (Wildman–Crippen MR) is 51.9 cm³/mol. The first-order valence-corrected chi connectivity index (χ1v) is 4.91. The smallest absolute Gasteiger partial charge is 0.396 e. The average Bonchev–Trinajstić information content (AvgIpc) is 2.25. The Morgan fingerprint density at radius 1 is 1.00 bits per heavy atom. The second-order valence-electron chi connectivity index (χ2n) is 3.60. The van der Waals surface area contributed by atoms with Gasteiger partial charge in [-0.05, 0) is 12.0 Å². The summed E-state index contributed by atoms with van der Waals surface area (Å²) in [6, 6.07) is 6.67. The number of aliphatic hydroxyl groups excluding tert-OH is 1. The van der Waals surface area contributed by atoms with E-state index in [0.717, 1.165) is 0 Å². The highest BCUT2D eigenvalue weighted by atomic mass is 19.4. The Balaban J connectivity index is 3.10. The van der Waals surface area contributed by atoms with E-state index in [1.165, 1.54) is 30.3 Å². The van der Waals surface area contributed by atoms with Crippen LogP contribution in [-0.2, 0) is 0 Å². The quantitative estimate of drug-likeness (QED) is 0.817. The van der Waals surface area contributed by atoms with Gasteiger partial charge in [0.2, 0.25) is 0 Å². The summed E-state index contributed by atoms with van der Waals surface area (Å²) in [5, 5.41) is 8.63. The topological polar surface area (TPSA) is 20.2 Å². The molecule has 0 radical (unpaired) electrons. The zero-order valence-corrected chi connectivity index (χ0v) is 8.72. The number of rotatable bonds is 4. The summed E-state index contributed by atoms with van der Waals surface area (Å²) in [5.74, 6) is -6.91. The van der Waals surface area contributed by atoms with Gasteiger partial charge in [-0.1, -0.05) is 30.3 Å². The molecule has 6 heteroatoms. The van der Waals surface area contributed by atoms with Gasteiger partial charge in [0.25, 0.3) is 0 Å². The Kier molecular flexibility index (Phi) is 4.08. The number of hydrogen-bond acceptors (Lipinski definition) is 1. The van der Waals surface area contributed by atoms with Crippen LogP contribution in [0.2, 0.25) is 0 Å². The number of benzene rings is 1. The molecule has 0 fully saturated rings. The van der Waals surface area contributed by atoms with Gasteiger partial charge >= 0.3 is 12.1 Å². The molecule has 1 atom stereocenters. The average molecular weight is 254 g/mol. The normalized spacial score (nSPS) is 14.7. The second-order valence-corrected chi connectivity index (χ2v) is 3.60. The van der Waals surface area contributed by atoms with E-state index in [1.807, 2.05) is 0 Å². The van der Waals surface area contributed by atoms with Crippen molar-refractivity contribution in [3.63, 3.8) is 0 Å². The van der Waals surface area contributed by atoms with Crippen molar-refractivity contribution < 1.29 is 27.1 Å². The third kappa shape index (κ3) is 2.94. The molecular formula is C11H11F5O. The number of alkyl halides is 5. The molecule has 0 aromatic heterocycles. The molecule has 0 amide bonds. The van der Waals surface area contributed by atoms with Crippen LogP contribution in [0.15, 0.2) is 30.3 Å². The molecule has 0 saturated carbocycles. The standard InChI is InChI=1S/C11H11F5O/c12-10(13,11(14,15)16)9(6-7-17)8-4-2-1-3-5-8/h1-5,9,17H,6-7H2. The monoisotopic (exact) mass is 254 g/mol. The Labute approximate surface area is 94.9 Å². The van der Waals surface area contributed by atoms with Crippen molar-refractivity contribution in [2.45, 2.75) is 24.4 Å². The van der Waals surface area contributed by atoms with Gasteiger partial charge in [0.05, 0.1) is 5.92 Å². The first kappa shape index (κ1) is 13.9. The summed E-state index contributed by atoms with van der Waals surface area (Å²) in [6.45, 7) is -0.731. The van der Waals surface area contributed by atoms with Gasteiger partial charge in [-0.3, -0.25) is 0 Å². The maximum Gasteiger partial charge on any atom is 0.453 e. The minimum Gasteiger partial charge on any atom is -0.396 e. The van der Waals surface area contributed by atoms with Gasteiger partial charge in [0.15, 0.2) is 0 Å². The van der Waals surface area contributed by atoms with Crippen molar-refractivity contribution in [3.05, 3.63) is 35.9 Å². The van der Waals surface area contributed by atoms with Gasteiger partial charge < -0.3 is 5.11 Å². The molecule has 0 saturated heterocycles. The van der Waals surface area contributed by atoms with Crippen LogP contribution in [0.1, 0.15) is 17.9 Å². The molecule has 0 aliphatic rings. The van der Waals surface area contributed by atoms with E-state index in [-0.39, 0.29) is 5.56 Å². The lowest BCUT2D eigenvalue weighted by molar-refractivity contribution is -0.292. The Morgan fingerprint density at radius 3 is 1.94 bits per heavy atom. The van der Waals surface area contributed by atoms with Crippen LogP contribution in [0.3, 0.4) is 0 Å². The predicted octanol–water partition coefficient (Wildman–Crippen LogP) is 3.35.